The topological polar surface area (TPSA) is 72.0 Å². The second kappa shape index (κ2) is 4.89. The van der Waals surface area contributed by atoms with Crippen LogP contribution in [0.2, 0.25) is 0 Å². The van der Waals surface area contributed by atoms with E-state index in [1.165, 1.54) is 11.3 Å². The number of hydrogen-bond donors (Lipinski definition) is 1. The summed E-state index contributed by atoms with van der Waals surface area (Å²) in [5, 5.41) is 0.481. The first kappa shape index (κ1) is 12.8. The molecular formula is C12H14N2O3S. The van der Waals surface area contributed by atoms with E-state index in [4.69, 9.17) is 4.74 Å². The monoisotopic (exact) mass is 266 g/mol. The molecule has 2 rings (SSSR count). The molecule has 5 nitrogen and oxygen atoms in total. The number of ether oxygens (including phenoxy) is 1. The van der Waals surface area contributed by atoms with Gasteiger partial charge in [0, 0.05) is 0 Å². The van der Waals surface area contributed by atoms with E-state index in [-0.39, 0.29) is 11.5 Å². The van der Waals surface area contributed by atoms with Crippen molar-refractivity contribution in [3.05, 3.63) is 26.6 Å². The molecule has 0 radical (unpaired) electrons. The fourth-order valence-corrected chi connectivity index (χ4v) is 2.83. The standard InChI is InChI=1S/C12H14N2O3S/c1-4-5-17-12(16)9-6(2)8-10(15)13-7(3)14-11(8)18-9/h4-5H2,1-3H3,(H,13,14,15). The predicted molar refractivity (Wildman–Crippen MR) is 70.3 cm³/mol. The predicted octanol–water partition coefficient (Wildman–Crippen LogP) is 2.17. The second-order valence-electron chi connectivity index (χ2n) is 4.02. The van der Waals surface area contributed by atoms with Crippen molar-refractivity contribution in [1.29, 1.82) is 0 Å². The van der Waals surface area contributed by atoms with Gasteiger partial charge in [-0.05, 0) is 25.8 Å². The molecule has 2 heterocycles. The molecule has 0 spiro atoms. The van der Waals surface area contributed by atoms with E-state index >= 15 is 0 Å². The van der Waals surface area contributed by atoms with E-state index in [2.05, 4.69) is 9.97 Å². The number of nitrogens with zero attached hydrogens (tertiary/aromatic N) is 1. The summed E-state index contributed by atoms with van der Waals surface area (Å²) >= 11 is 1.21. The summed E-state index contributed by atoms with van der Waals surface area (Å²) in [6, 6.07) is 0. The zero-order valence-electron chi connectivity index (χ0n) is 10.5. The Hall–Kier alpha value is -1.69. The maximum absolute atomic E-state index is 11.8. The third-order valence-corrected chi connectivity index (χ3v) is 3.71. The van der Waals surface area contributed by atoms with Crippen molar-refractivity contribution in [3.63, 3.8) is 0 Å². The molecule has 18 heavy (non-hydrogen) atoms. The number of nitrogens with one attached hydrogen (secondary N) is 1. The summed E-state index contributed by atoms with van der Waals surface area (Å²) < 4.78 is 5.09. The fraction of sp³-hybridized carbons (Fsp3) is 0.417. The van der Waals surface area contributed by atoms with Crippen molar-refractivity contribution in [2.45, 2.75) is 27.2 Å². The average Bonchev–Trinajstić information content (AvgIpc) is 2.63. The van der Waals surface area contributed by atoms with Crippen LogP contribution in [-0.2, 0) is 4.74 Å². The van der Waals surface area contributed by atoms with Gasteiger partial charge in [-0.15, -0.1) is 11.3 Å². The summed E-state index contributed by atoms with van der Waals surface area (Å²) in [4.78, 5) is 31.6. The number of esters is 1. The van der Waals surface area contributed by atoms with Gasteiger partial charge in [0.15, 0.2) is 0 Å². The summed E-state index contributed by atoms with van der Waals surface area (Å²) in [6.45, 7) is 5.77. The number of aryl methyl sites for hydroxylation is 2. The zero-order valence-corrected chi connectivity index (χ0v) is 11.3. The van der Waals surface area contributed by atoms with Crippen LogP contribution in [0.1, 0.15) is 34.4 Å². The van der Waals surface area contributed by atoms with Crippen LogP contribution in [-0.4, -0.2) is 22.5 Å². The molecule has 0 unspecified atom stereocenters. The van der Waals surface area contributed by atoms with Crippen LogP contribution < -0.4 is 5.56 Å². The van der Waals surface area contributed by atoms with Crippen LogP contribution in [0.5, 0.6) is 0 Å². The molecule has 2 aromatic heterocycles. The molecule has 0 saturated heterocycles. The molecule has 0 aromatic carbocycles. The van der Waals surface area contributed by atoms with Crippen LogP contribution >= 0.6 is 11.3 Å². The maximum Gasteiger partial charge on any atom is 0.348 e. The van der Waals surface area contributed by atoms with E-state index in [0.29, 0.717) is 33.1 Å². The van der Waals surface area contributed by atoms with Crippen molar-refractivity contribution >= 4 is 27.5 Å². The normalized spacial score (nSPS) is 10.8. The van der Waals surface area contributed by atoms with Gasteiger partial charge in [-0.2, -0.15) is 0 Å². The van der Waals surface area contributed by atoms with Gasteiger partial charge >= 0.3 is 5.97 Å². The zero-order chi connectivity index (χ0) is 13.3. The number of fused-ring (bicyclic) bond motifs is 1. The Morgan fingerprint density at radius 2 is 2.17 bits per heavy atom. The molecule has 6 heteroatoms. The van der Waals surface area contributed by atoms with Crippen LogP contribution in [0.3, 0.4) is 0 Å². The highest BCUT2D eigenvalue weighted by atomic mass is 32.1. The van der Waals surface area contributed by atoms with Crippen molar-refractivity contribution in [3.8, 4) is 0 Å². The first-order valence-electron chi connectivity index (χ1n) is 5.71. The Morgan fingerprint density at radius 3 is 2.83 bits per heavy atom. The third-order valence-electron chi connectivity index (χ3n) is 2.54. The molecule has 0 amide bonds. The Morgan fingerprint density at radius 1 is 1.44 bits per heavy atom. The molecule has 1 N–H and O–H groups in total. The minimum atomic E-state index is -0.380. The number of thiophene rings is 1. The van der Waals surface area contributed by atoms with Gasteiger partial charge in [-0.3, -0.25) is 4.79 Å². The van der Waals surface area contributed by atoms with Crippen molar-refractivity contribution in [2.24, 2.45) is 0 Å². The summed E-state index contributed by atoms with van der Waals surface area (Å²) in [5.74, 6) is 0.164. The molecule has 0 aliphatic carbocycles. The molecule has 0 bridgehead atoms. The summed E-state index contributed by atoms with van der Waals surface area (Å²) in [5.41, 5.74) is 0.436. The summed E-state index contributed by atoms with van der Waals surface area (Å²) in [7, 11) is 0. The average molecular weight is 266 g/mol. The maximum atomic E-state index is 11.8. The second-order valence-corrected chi connectivity index (χ2v) is 5.02. The lowest BCUT2D eigenvalue weighted by atomic mass is 10.2. The molecule has 0 aliphatic heterocycles. The lowest BCUT2D eigenvalue weighted by Gasteiger charge is -2.00. The lowest BCUT2D eigenvalue weighted by Crippen LogP contribution is -2.10. The van der Waals surface area contributed by atoms with Crippen molar-refractivity contribution < 1.29 is 9.53 Å². The van der Waals surface area contributed by atoms with Crippen LogP contribution in [0.25, 0.3) is 10.2 Å². The lowest BCUT2D eigenvalue weighted by molar-refractivity contribution is 0.0510. The Labute approximate surface area is 108 Å². The highest BCUT2D eigenvalue weighted by Gasteiger charge is 2.19. The molecule has 0 fully saturated rings. The molecule has 0 atom stereocenters. The Bertz CT molecular complexity index is 657. The SMILES string of the molecule is CCCOC(=O)c1sc2nc(C)[nH]c(=O)c2c1C. The quantitative estimate of drug-likeness (QED) is 0.864. The molecule has 0 saturated carbocycles. The number of aromatic amines is 1. The molecule has 0 aliphatic rings. The highest BCUT2D eigenvalue weighted by Crippen LogP contribution is 2.27. The van der Waals surface area contributed by atoms with Gasteiger partial charge in [-0.25, -0.2) is 9.78 Å². The van der Waals surface area contributed by atoms with Gasteiger partial charge in [0.25, 0.3) is 5.56 Å². The third kappa shape index (κ3) is 2.15. The first-order valence-corrected chi connectivity index (χ1v) is 6.53. The van der Waals surface area contributed by atoms with Gasteiger partial charge in [0.2, 0.25) is 0 Å². The first-order chi connectivity index (χ1) is 8.54. The van der Waals surface area contributed by atoms with E-state index in [0.717, 1.165) is 6.42 Å². The van der Waals surface area contributed by atoms with Gasteiger partial charge in [-0.1, -0.05) is 6.92 Å². The van der Waals surface area contributed by atoms with E-state index in [1.807, 2.05) is 6.92 Å². The summed E-state index contributed by atoms with van der Waals surface area (Å²) in [6.07, 6.45) is 0.771. The van der Waals surface area contributed by atoms with E-state index in [1.54, 1.807) is 13.8 Å². The Kier molecular flexibility index (Phi) is 3.47. The minimum Gasteiger partial charge on any atom is -0.462 e. The van der Waals surface area contributed by atoms with E-state index in [9.17, 15) is 9.59 Å². The number of rotatable bonds is 3. The van der Waals surface area contributed by atoms with Gasteiger partial charge in [0.05, 0.1) is 12.0 Å². The largest absolute Gasteiger partial charge is 0.462 e. The molecule has 96 valence electrons. The Balaban J connectivity index is 2.54. The van der Waals surface area contributed by atoms with Gasteiger partial charge < -0.3 is 9.72 Å². The number of carbonyl (C=O) groups excluding carboxylic acids is 1. The molecule has 2 aromatic rings. The molecular weight excluding hydrogens is 252 g/mol. The van der Waals surface area contributed by atoms with Gasteiger partial charge in [0.1, 0.15) is 15.5 Å². The van der Waals surface area contributed by atoms with Crippen molar-refractivity contribution in [1.82, 2.24) is 9.97 Å². The highest BCUT2D eigenvalue weighted by molar-refractivity contribution is 7.20. The minimum absolute atomic E-state index is 0.208. The fourth-order valence-electron chi connectivity index (χ4n) is 1.71. The van der Waals surface area contributed by atoms with Crippen LogP contribution in [0, 0.1) is 13.8 Å². The smallest absolute Gasteiger partial charge is 0.348 e. The van der Waals surface area contributed by atoms with Crippen LogP contribution in [0.15, 0.2) is 4.79 Å². The number of aromatic nitrogens is 2. The number of hydrogen-bond acceptors (Lipinski definition) is 5. The number of H-pyrrole nitrogens is 1. The van der Waals surface area contributed by atoms with E-state index < -0.39 is 0 Å². The number of carbonyl (C=O) groups is 1. The van der Waals surface area contributed by atoms with Crippen LogP contribution in [0.4, 0.5) is 0 Å². The van der Waals surface area contributed by atoms with Crippen molar-refractivity contribution in [2.75, 3.05) is 6.61 Å².